The SMILES string of the molecule is CCCCCCCCCCCCCCCCCCCCCCCCC(=O)O[C@H](COC(=O)CCCCCCCCCC(C)C)COP(=O)(O)OC[C@@H](O)COP(=O)(O)OC[C@@H](COC(=O)CCCCCCC)OC(=O)CCCCCCCCC(C)C. The summed E-state index contributed by atoms with van der Waals surface area (Å²) < 4.78 is 67.8. The van der Waals surface area contributed by atoms with Gasteiger partial charge in [-0.25, -0.2) is 9.13 Å². The van der Waals surface area contributed by atoms with E-state index in [-0.39, 0.29) is 25.7 Å². The fourth-order valence-electron chi connectivity index (χ4n) is 10.1. The van der Waals surface area contributed by atoms with Crippen molar-refractivity contribution >= 4 is 39.5 Å². The Bertz CT molecular complexity index is 1680. The van der Waals surface area contributed by atoms with E-state index in [0.29, 0.717) is 37.5 Å². The van der Waals surface area contributed by atoms with Gasteiger partial charge in [0.2, 0.25) is 0 Å². The Balaban J connectivity index is 5.05. The molecule has 17 nitrogen and oxygen atoms in total. The molecule has 3 N–H and O–H groups in total. The van der Waals surface area contributed by atoms with Crippen LogP contribution in [0.1, 0.15) is 337 Å². The molecular formula is C67H130O17P2. The number of hydrogen-bond donors (Lipinski definition) is 3. The second kappa shape index (κ2) is 59.4. The van der Waals surface area contributed by atoms with Crippen molar-refractivity contribution in [2.45, 2.75) is 355 Å². The maximum Gasteiger partial charge on any atom is 0.472 e. The van der Waals surface area contributed by atoms with E-state index in [1.54, 1.807) is 0 Å². The van der Waals surface area contributed by atoms with Gasteiger partial charge in [-0.1, -0.05) is 286 Å². The molecule has 0 spiro atoms. The van der Waals surface area contributed by atoms with E-state index in [9.17, 15) is 43.2 Å². The van der Waals surface area contributed by atoms with Crippen molar-refractivity contribution in [3.05, 3.63) is 0 Å². The topological polar surface area (TPSA) is 237 Å². The zero-order valence-corrected chi connectivity index (χ0v) is 57.4. The number of rotatable bonds is 66. The first kappa shape index (κ1) is 84.1. The third-order valence-electron chi connectivity index (χ3n) is 15.5. The summed E-state index contributed by atoms with van der Waals surface area (Å²) in [5.74, 6) is -0.774. The first-order valence-corrected chi connectivity index (χ1v) is 38.0. The Morgan fingerprint density at radius 3 is 0.791 bits per heavy atom. The highest BCUT2D eigenvalue weighted by atomic mass is 31.2. The minimum Gasteiger partial charge on any atom is -0.462 e. The third-order valence-corrected chi connectivity index (χ3v) is 17.4. The number of aliphatic hydroxyl groups is 1. The summed E-state index contributed by atoms with van der Waals surface area (Å²) in [5.41, 5.74) is 0. The minimum absolute atomic E-state index is 0.101. The average molecular weight is 1270 g/mol. The van der Waals surface area contributed by atoms with Gasteiger partial charge in [0.25, 0.3) is 0 Å². The number of phosphoric acid groups is 2. The normalized spacial score (nSPS) is 14.2. The lowest BCUT2D eigenvalue weighted by atomic mass is 10.0. The van der Waals surface area contributed by atoms with Gasteiger partial charge in [-0.3, -0.25) is 37.3 Å². The van der Waals surface area contributed by atoms with Crippen LogP contribution in [0.4, 0.5) is 0 Å². The van der Waals surface area contributed by atoms with Gasteiger partial charge >= 0.3 is 39.5 Å². The van der Waals surface area contributed by atoms with Gasteiger partial charge in [0, 0.05) is 25.7 Å². The summed E-state index contributed by atoms with van der Waals surface area (Å²) in [4.78, 5) is 72.0. The molecule has 0 saturated carbocycles. The van der Waals surface area contributed by atoms with E-state index < -0.39 is 97.5 Å². The van der Waals surface area contributed by atoms with Crippen LogP contribution in [0.5, 0.6) is 0 Å². The Kier molecular flexibility index (Phi) is 58.0. The zero-order chi connectivity index (χ0) is 63.6. The lowest BCUT2D eigenvalue weighted by Crippen LogP contribution is -2.30. The molecule has 0 aromatic carbocycles. The third kappa shape index (κ3) is 60.9. The Morgan fingerprint density at radius 2 is 0.535 bits per heavy atom. The minimum atomic E-state index is -4.95. The van der Waals surface area contributed by atoms with Crippen LogP contribution in [0, 0.1) is 11.8 Å². The molecule has 0 aromatic heterocycles. The predicted molar refractivity (Wildman–Crippen MR) is 345 cm³/mol. The van der Waals surface area contributed by atoms with E-state index in [1.165, 1.54) is 141 Å². The highest BCUT2D eigenvalue weighted by Gasteiger charge is 2.30. The highest BCUT2D eigenvalue weighted by Crippen LogP contribution is 2.45. The second-order valence-electron chi connectivity index (χ2n) is 25.2. The average Bonchev–Trinajstić information content (AvgIpc) is 3.67. The molecule has 510 valence electrons. The molecule has 0 aromatic rings. The van der Waals surface area contributed by atoms with Gasteiger partial charge in [-0.2, -0.15) is 0 Å². The van der Waals surface area contributed by atoms with Gasteiger partial charge in [0.05, 0.1) is 26.4 Å². The van der Waals surface area contributed by atoms with E-state index in [4.69, 9.17) is 37.0 Å². The second-order valence-corrected chi connectivity index (χ2v) is 28.1. The van der Waals surface area contributed by atoms with E-state index >= 15 is 0 Å². The molecule has 0 aliphatic heterocycles. The van der Waals surface area contributed by atoms with Crippen molar-refractivity contribution in [2.75, 3.05) is 39.6 Å². The van der Waals surface area contributed by atoms with Gasteiger partial charge in [0.1, 0.15) is 19.3 Å². The molecule has 0 bridgehead atoms. The monoisotopic (exact) mass is 1270 g/mol. The summed E-state index contributed by atoms with van der Waals surface area (Å²) in [6.45, 7) is 9.27. The smallest absolute Gasteiger partial charge is 0.462 e. The van der Waals surface area contributed by atoms with Crippen LogP contribution in [-0.4, -0.2) is 96.7 Å². The van der Waals surface area contributed by atoms with Crippen molar-refractivity contribution in [3.8, 4) is 0 Å². The Morgan fingerprint density at radius 1 is 0.314 bits per heavy atom. The number of phosphoric ester groups is 2. The van der Waals surface area contributed by atoms with Crippen LogP contribution in [0.25, 0.3) is 0 Å². The van der Waals surface area contributed by atoms with Crippen LogP contribution < -0.4 is 0 Å². The summed E-state index contributed by atoms with van der Waals surface area (Å²) in [6.07, 6.45) is 44.0. The van der Waals surface area contributed by atoms with Crippen molar-refractivity contribution in [2.24, 2.45) is 11.8 Å². The molecule has 0 rings (SSSR count). The van der Waals surface area contributed by atoms with E-state index in [0.717, 1.165) is 103 Å². The molecule has 0 heterocycles. The maximum absolute atomic E-state index is 13.0. The van der Waals surface area contributed by atoms with Gasteiger partial charge in [0.15, 0.2) is 12.2 Å². The first-order chi connectivity index (χ1) is 41.4. The summed E-state index contributed by atoms with van der Waals surface area (Å²) in [7, 11) is -9.88. The van der Waals surface area contributed by atoms with Crippen LogP contribution in [0.15, 0.2) is 0 Å². The zero-order valence-electron chi connectivity index (χ0n) is 55.6. The molecule has 86 heavy (non-hydrogen) atoms. The largest absolute Gasteiger partial charge is 0.472 e. The fourth-order valence-corrected chi connectivity index (χ4v) is 11.6. The number of aliphatic hydroxyl groups excluding tert-OH is 1. The standard InChI is InChI=1S/C67H130O17P2/c1-7-9-11-13-14-15-16-17-18-19-20-21-22-23-24-25-26-27-28-31-39-45-51-66(71)83-63(56-78-65(70)50-44-38-32-29-30-36-41-47-59(3)4)58-82-86(75,76)80-54-61(68)53-79-85(73,74)81-57-62(55-77-64(69)49-43-35-12-10-8-2)84-67(72)52-46-40-34-33-37-42-48-60(5)6/h59-63,68H,7-58H2,1-6H3,(H,73,74)(H,75,76)/t61-,62+,63+/m0/s1. The summed E-state index contributed by atoms with van der Waals surface area (Å²) in [5, 5.41) is 10.5. The van der Waals surface area contributed by atoms with Crippen LogP contribution in [0.3, 0.4) is 0 Å². The number of esters is 4. The van der Waals surface area contributed by atoms with Gasteiger partial charge in [-0.05, 0) is 37.5 Å². The Hall–Kier alpha value is -1.94. The molecular weight excluding hydrogens is 1140 g/mol. The molecule has 0 amide bonds. The lowest BCUT2D eigenvalue weighted by molar-refractivity contribution is -0.161. The number of carbonyl (C=O) groups excluding carboxylic acids is 4. The number of unbranched alkanes of at least 4 members (excludes halogenated alkanes) is 36. The molecule has 5 atom stereocenters. The fraction of sp³-hybridized carbons (Fsp3) is 0.940. The maximum atomic E-state index is 13.0. The number of carbonyl (C=O) groups is 4. The highest BCUT2D eigenvalue weighted by molar-refractivity contribution is 7.47. The predicted octanol–water partition coefficient (Wildman–Crippen LogP) is 18.8. The van der Waals surface area contributed by atoms with Gasteiger partial charge in [-0.15, -0.1) is 0 Å². The molecule has 2 unspecified atom stereocenters. The molecule has 19 heteroatoms. The molecule has 0 radical (unpaired) electrons. The van der Waals surface area contributed by atoms with Gasteiger partial charge < -0.3 is 33.8 Å². The van der Waals surface area contributed by atoms with Crippen molar-refractivity contribution in [1.82, 2.24) is 0 Å². The lowest BCUT2D eigenvalue weighted by Gasteiger charge is -2.21. The summed E-state index contributed by atoms with van der Waals surface area (Å²) in [6, 6.07) is 0. The molecule has 0 aliphatic rings. The van der Waals surface area contributed by atoms with Crippen molar-refractivity contribution < 1.29 is 80.2 Å². The van der Waals surface area contributed by atoms with Crippen molar-refractivity contribution in [3.63, 3.8) is 0 Å². The molecule has 0 fully saturated rings. The first-order valence-electron chi connectivity index (χ1n) is 35.0. The van der Waals surface area contributed by atoms with Crippen LogP contribution in [-0.2, 0) is 65.4 Å². The quantitative estimate of drug-likeness (QED) is 0.0222. The van der Waals surface area contributed by atoms with Crippen molar-refractivity contribution in [1.29, 1.82) is 0 Å². The molecule has 0 saturated heterocycles. The molecule has 0 aliphatic carbocycles. The van der Waals surface area contributed by atoms with Crippen LogP contribution >= 0.6 is 15.6 Å². The van der Waals surface area contributed by atoms with E-state index in [1.807, 2.05) is 0 Å². The number of hydrogen-bond acceptors (Lipinski definition) is 15. The Labute approximate surface area is 524 Å². The van der Waals surface area contributed by atoms with E-state index in [2.05, 4.69) is 41.5 Å². The number of ether oxygens (including phenoxy) is 4. The van der Waals surface area contributed by atoms with Crippen LogP contribution in [0.2, 0.25) is 0 Å². The summed E-state index contributed by atoms with van der Waals surface area (Å²) >= 11 is 0.